The van der Waals surface area contributed by atoms with Gasteiger partial charge < -0.3 is 23.1 Å². The Morgan fingerprint density at radius 1 is 1.37 bits per heavy atom. The van der Waals surface area contributed by atoms with Gasteiger partial charge in [-0.15, -0.1) is 0 Å². The Morgan fingerprint density at radius 2 is 2.22 bits per heavy atom. The molecule has 0 unspecified atom stereocenters. The number of ketones is 1. The lowest BCUT2D eigenvalue weighted by atomic mass is 9.86. The van der Waals surface area contributed by atoms with Crippen molar-refractivity contribution in [2.75, 3.05) is 34.5 Å². The Labute approximate surface area is 158 Å². The number of quaternary nitrogens is 1. The fourth-order valence-electron chi connectivity index (χ4n) is 3.94. The van der Waals surface area contributed by atoms with Crippen molar-refractivity contribution in [1.82, 2.24) is 0 Å². The third kappa shape index (κ3) is 3.21. The second-order valence-corrected chi connectivity index (χ2v) is 7.50. The number of benzene rings is 1. The number of methoxy groups -OCH3 is 1. The van der Waals surface area contributed by atoms with Crippen molar-refractivity contribution in [2.45, 2.75) is 18.9 Å². The van der Waals surface area contributed by atoms with Crippen molar-refractivity contribution in [3.8, 4) is 17.2 Å². The molecule has 0 spiro atoms. The molecule has 0 N–H and O–H groups in total. The Bertz CT molecular complexity index is 882. The van der Waals surface area contributed by atoms with Crippen LogP contribution in [0.5, 0.6) is 17.2 Å². The first-order chi connectivity index (χ1) is 13.0. The second-order valence-electron chi connectivity index (χ2n) is 7.50. The third-order valence-corrected chi connectivity index (χ3v) is 5.45. The predicted molar refractivity (Wildman–Crippen MR) is 99.9 cm³/mol. The Kier molecular flexibility index (Phi) is 4.44. The van der Waals surface area contributed by atoms with Gasteiger partial charge in [0, 0.05) is 6.42 Å². The highest BCUT2D eigenvalue weighted by Crippen LogP contribution is 2.51. The van der Waals surface area contributed by atoms with E-state index in [4.69, 9.17) is 18.6 Å². The monoisotopic (exact) mass is 370 g/mol. The number of carbonyl (C=O) groups is 1. The quantitative estimate of drug-likeness (QED) is 0.597. The van der Waals surface area contributed by atoms with Gasteiger partial charge in [-0.05, 0) is 35.9 Å². The van der Waals surface area contributed by atoms with Crippen LogP contribution < -0.4 is 14.2 Å². The minimum Gasteiger partial charge on any atom is -0.492 e. The maximum Gasteiger partial charge on any atom is 0.231 e. The molecule has 0 saturated carbocycles. The van der Waals surface area contributed by atoms with Gasteiger partial charge in [0.1, 0.15) is 11.8 Å². The lowest BCUT2D eigenvalue weighted by molar-refractivity contribution is -0.922. The van der Waals surface area contributed by atoms with Gasteiger partial charge in [-0.3, -0.25) is 4.79 Å². The van der Waals surface area contributed by atoms with E-state index in [1.807, 2.05) is 12.1 Å². The van der Waals surface area contributed by atoms with Crippen LogP contribution in [0.1, 0.15) is 29.3 Å². The number of hydrogen-bond donors (Lipinski definition) is 0. The number of carbonyl (C=O) groups excluding carboxylic acids is 1. The predicted octanol–water partition coefficient (Wildman–Crippen LogP) is 3.36. The van der Waals surface area contributed by atoms with E-state index in [9.17, 15) is 4.79 Å². The van der Waals surface area contributed by atoms with E-state index in [2.05, 4.69) is 14.1 Å². The molecule has 4 rings (SSSR count). The van der Waals surface area contributed by atoms with Crippen molar-refractivity contribution in [2.24, 2.45) is 0 Å². The van der Waals surface area contributed by atoms with Gasteiger partial charge in [-0.1, -0.05) is 0 Å². The van der Waals surface area contributed by atoms with Crippen LogP contribution in [0.15, 0.2) is 35.0 Å². The number of hydrogen-bond acceptors (Lipinski definition) is 5. The first kappa shape index (κ1) is 17.7. The van der Waals surface area contributed by atoms with Crippen LogP contribution >= 0.6 is 0 Å². The molecule has 2 aliphatic heterocycles. The van der Waals surface area contributed by atoms with Gasteiger partial charge >= 0.3 is 0 Å². The summed E-state index contributed by atoms with van der Waals surface area (Å²) in [4.78, 5) is 12.7. The molecule has 1 aromatic carbocycles. The molecule has 142 valence electrons. The molecule has 2 aromatic rings. The molecule has 3 heterocycles. The molecule has 0 aliphatic carbocycles. The number of allylic oxidation sites excluding steroid dienone is 1. The fraction of sp³-hybridized carbons (Fsp3) is 0.381. The van der Waals surface area contributed by atoms with E-state index in [0.717, 1.165) is 24.3 Å². The molecule has 0 saturated heterocycles. The van der Waals surface area contributed by atoms with Crippen molar-refractivity contribution in [1.29, 1.82) is 0 Å². The van der Waals surface area contributed by atoms with Crippen LogP contribution in [0.25, 0.3) is 6.08 Å². The van der Waals surface area contributed by atoms with E-state index in [-0.39, 0.29) is 18.6 Å². The summed E-state index contributed by atoms with van der Waals surface area (Å²) in [5.74, 6) is 2.78. The number of fused-ring (bicyclic) bond motifs is 2. The number of ether oxygens (including phenoxy) is 3. The van der Waals surface area contributed by atoms with Crippen LogP contribution in [0, 0.1) is 0 Å². The van der Waals surface area contributed by atoms with E-state index in [1.165, 1.54) is 5.56 Å². The van der Waals surface area contributed by atoms with Gasteiger partial charge in [0.2, 0.25) is 12.5 Å². The summed E-state index contributed by atoms with van der Waals surface area (Å²) in [5, 5.41) is 0. The molecular weight excluding hydrogens is 346 g/mol. The van der Waals surface area contributed by atoms with Gasteiger partial charge in [0.25, 0.3) is 0 Å². The lowest BCUT2D eigenvalue weighted by Gasteiger charge is -2.43. The Morgan fingerprint density at radius 3 is 2.96 bits per heavy atom. The van der Waals surface area contributed by atoms with Gasteiger partial charge in [0.05, 0.1) is 46.0 Å². The zero-order valence-corrected chi connectivity index (χ0v) is 15.9. The molecule has 6 heteroatoms. The number of likely N-dealkylation sites (N-methyl/N-ethyl adjacent to an activating group) is 1. The summed E-state index contributed by atoms with van der Waals surface area (Å²) < 4.78 is 22.9. The summed E-state index contributed by atoms with van der Waals surface area (Å²) in [6, 6.07) is 5.64. The molecule has 1 aromatic heterocycles. The molecule has 1 atom stereocenters. The molecule has 0 amide bonds. The standard InChI is InChI=1S/C21H24NO5/c1-22(2)9-8-14-11-18-20(27-13-26-18)21(24-3)19(14)17(22)12-15(23)6-7-16-5-4-10-25-16/h4-7,10-11,17H,8-9,12-13H2,1-3H3/q+1/b7-6+/t17-/m0/s1. The normalized spacial score (nSPS) is 19.9. The molecule has 0 fully saturated rings. The average Bonchev–Trinajstić information content (AvgIpc) is 3.32. The van der Waals surface area contributed by atoms with Gasteiger partial charge in [0.15, 0.2) is 17.3 Å². The number of rotatable bonds is 5. The van der Waals surface area contributed by atoms with Crippen molar-refractivity contribution in [3.05, 3.63) is 47.4 Å². The summed E-state index contributed by atoms with van der Waals surface area (Å²) in [6.45, 7) is 1.14. The SMILES string of the molecule is COc1c2c(cc3c1[C@H](CC(=O)/C=C/c1ccco1)[N+](C)(C)CC3)OCO2. The minimum absolute atomic E-state index is 0.0213. The van der Waals surface area contributed by atoms with Crippen LogP contribution in [-0.2, 0) is 11.2 Å². The summed E-state index contributed by atoms with van der Waals surface area (Å²) >= 11 is 0. The van der Waals surface area contributed by atoms with Crippen LogP contribution in [-0.4, -0.2) is 44.8 Å². The van der Waals surface area contributed by atoms with Crippen LogP contribution in [0.2, 0.25) is 0 Å². The fourth-order valence-corrected chi connectivity index (χ4v) is 3.94. The Hall–Kier alpha value is -2.73. The zero-order valence-electron chi connectivity index (χ0n) is 15.9. The average molecular weight is 370 g/mol. The largest absolute Gasteiger partial charge is 0.492 e. The maximum atomic E-state index is 12.7. The van der Waals surface area contributed by atoms with Crippen molar-refractivity contribution in [3.63, 3.8) is 0 Å². The highest BCUT2D eigenvalue weighted by molar-refractivity contribution is 5.93. The molecular formula is C21H24NO5+. The number of furan rings is 1. The summed E-state index contributed by atoms with van der Waals surface area (Å²) in [5.41, 5.74) is 2.22. The van der Waals surface area contributed by atoms with Crippen molar-refractivity contribution < 1.29 is 27.9 Å². The first-order valence-corrected chi connectivity index (χ1v) is 9.06. The molecule has 0 bridgehead atoms. The smallest absolute Gasteiger partial charge is 0.231 e. The van der Waals surface area contributed by atoms with Crippen LogP contribution in [0.4, 0.5) is 0 Å². The molecule has 27 heavy (non-hydrogen) atoms. The second kappa shape index (κ2) is 6.78. The van der Waals surface area contributed by atoms with E-state index in [1.54, 1.807) is 31.6 Å². The van der Waals surface area contributed by atoms with Gasteiger partial charge in [-0.25, -0.2) is 0 Å². The van der Waals surface area contributed by atoms with E-state index >= 15 is 0 Å². The van der Waals surface area contributed by atoms with E-state index < -0.39 is 0 Å². The first-order valence-electron chi connectivity index (χ1n) is 9.06. The Balaban J connectivity index is 1.69. The third-order valence-electron chi connectivity index (χ3n) is 5.45. The topological polar surface area (TPSA) is 57.9 Å². The lowest BCUT2D eigenvalue weighted by Crippen LogP contribution is -2.48. The highest BCUT2D eigenvalue weighted by atomic mass is 16.7. The van der Waals surface area contributed by atoms with Gasteiger partial charge in [-0.2, -0.15) is 0 Å². The molecule has 0 radical (unpaired) electrons. The number of nitrogens with zero attached hydrogens (tertiary/aromatic N) is 1. The summed E-state index contributed by atoms with van der Waals surface area (Å²) in [6.07, 6.45) is 6.18. The molecule has 6 nitrogen and oxygen atoms in total. The van der Waals surface area contributed by atoms with Crippen molar-refractivity contribution >= 4 is 11.9 Å². The van der Waals surface area contributed by atoms with Crippen LogP contribution in [0.3, 0.4) is 0 Å². The summed E-state index contributed by atoms with van der Waals surface area (Å²) in [7, 11) is 5.95. The minimum atomic E-state index is -0.0213. The molecule has 2 aliphatic rings. The maximum absolute atomic E-state index is 12.7. The zero-order chi connectivity index (χ0) is 19.0. The van der Waals surface area contributed by atoms with E-state index in [0.29, 0.717) is 28.2 Å². The highest BCUT2D eigenvalue weighted by Gasteiger charge is 2.41.